The van der Waals surface area contributed by atoms with Crippen molar-refractivity contribution in [2.45, 2.75) is 31.9 Å². The first kappa shape index (κ1) is 18.1. The van der Waals surface area contributed by atoms with Crippen LogP contribution in [-0.2, 0) is 11.3 Å². The molecule has 2 aromatic rings. The molecular weight excluding hydrogens is 321 g/mol. The monoisotopic (exact) mass is 347 g/mol. The molecule has 2 heterocycles. The second-order valence-corrected chi connectivity index (χ2v) is 6.98. The van der Waals surface area contributed by atoms with Gasteiger partial charge in [-0.1, -0.05) is 19.1 Å². The summed E-state index contributed by atoms with van der Waals surface area (Å²) in [5.74, 6) is 1.25. The van der Waals surface area contributed by atoms with Gasteiger partial charge in [0.2, 0.25) is 0 Å². The van der Waals surface area contributed by atoms with E-state index in [4.69, 9.17) is 9.15 Å². The highest BCUT2D eigenvalue weighted by Gasteiger charge is 2.38. The fourth-order valence-electron chi connectivity index (χ4n) is 3.53. The Bertz CT molecular complexity index is 702. The van der Waals surface area contributed by atoms with E-state index in [1.165, 1.54) is 6.07 Å². The third kappa shape index (κ3) is 4.11. The maximum absolute atomic E-state index is 13.9. The Hall–Kier alpha value is -1.69. The Morgan fingerprint density at radius 2 is 2.12 bits per heavy atom. The summed E-state index contributed by atoms with van der Waals surface area (Å²) in [6.07, 6.45) is 1.38. The van der Waals surface area contributed by atoms with Crippen LogP contribution in [0.5, 0.6) is 0 Å². The molecule has 1 aromatic heterocycles. The van der Waals surface area contributed by atoms with Crippen molar-refractivity contribution in [3.63, 3.8) is 0 Å². The molecule has 0 saturated carbocycles. The van der Waals surface area contributed by atoms with Crippen molar-refractivity contribution in [2.75, 3.05) is 26.8 Å². The number of piperidine rings is 1. The van der Waals surface area contributed by atoms with Gasteiger partial charge in [-0.25, -0.2) is 4.39 Å². The Kier molecular flexibility index (Phi) is 5.57. The number of halogens is 1. The van der Waals surface area contributed by atoms with Gasteiger partial charge in [-0.2, -0.15) is 0 Å². The fourth-order valence-corrected chi connectivity index (χ4v) is 3.53. The number of hydrogen-bond acceptors (Lipinski definition) is 4. The summed E-state index contributed by atoms with van der Waals surface area (Å²) >= 11 is 0. The van der Waals surface area contributed by atoms with Gasteiger partial charge in [0.1, 0.15) is 17.3 Å². The van der Waals surface area contributed by atoms with E-state index in [1.807, 2.05) is 12.1 Å². The number of benzene rings is 1. The van der Waals surface area contributed by atoms with Gasteiger partial charge in [-0.05, 0) is 43.0 Å². The molecule has 5 heteroatoms. The molecule has 1 aromatic carbocycles. The van der Waals surface area contributed by atoms with Crippen molar-refractivity contribution in [1.29, 1.82) is 0 Å². The summed E-state index contributed by atoms with van der Waals surface area (Å²) in [7, 11) is 1.66. The van der Waals surface area contributed by atoms with Crippen LogP contribution in [0, 0.1) is 11.7 Å². The van der Waals surface area contributed by atoms with Crippen LogP contribution in [0.1, 0.15) is 25.5 Å². The van der Waals surface area contributed by atoms with E-state index in [0.29, 0.717) is 30.9 Å². The topological polar surface area (TPSA) is 45.8 Å². The van der Waals surface area contributed by atoms with Gasteiger partial charge >= 0.3 is 0 Å². The standard InChI is InChI=1S/C20H26FNO3/c1-15-13-22(11-9-20(15,23)10-12-24-2)14-16-7-8-19(25-16)17-5-3-4-6-18(17)21/h3-8,15,23H,9-14H2,1-2H3/t15-,20-/m0/s1. The number of likely N-dealkylation sites (tertiary alicyclic amines) is 1. The van der Waals surface area contributed by atoms with Crippen molar-refractivity contribution in [2.24, 2.45) is 5.92 Å². The molecule has 0 unspecified atom stereocenters. The molecule has 0 bridgehead atoms. The van der Waals surface area contributed by atoms with Crippen LogP contribution < -0.4 is 0 Å². The van der Waals surface area contributed by atoms with E-state index >= 15 is 0 Å². The van der Waals surface area contributed by atoms with E-state index in [2.05, 4.69) is 11.8 Å². The molecule has 3 rings (SSSR count). The van der Waals surface area contributed by atoms with Crippen LogP contribution in [0.4, 0.5) is 4.39 Å². The summed E-state index contributed by atoms with van der Waals surface area (Å²) in [6, 6.07) is 10.3. The molecule has 1 aliphatic heterocycles. The van der Waals surface area contributed by atoms with Crippen LogP contribution >= 0.6 is 0 Å². The van der Waals surface area contributed by atoms with Crippen molar-refractivity contribution in [3.05, 3.63) is 48.0 Å². The lowest BCUT2D eigenvalue weighted by Gasteiger charge is -2.43. The van der Waals surface area contributed by atoms with Gasteiger partial charge in [0, 0.05) is 26.8 Å². The molecular formula is C20H26FNO3. The highest BCUT2D eigenvalue weighted by atomic mass is 19.1. The summed E-state index contributed by atoms with van der Waals surface area (Å²) in [5.41, 5.74) is -0.178. The molecule has 4 nitrogen and oxygen atoms in total. The van der Waals surface area contributed by atoms with Crippen molar-refractivity contribution in [1.82, 2.24) is 4.90 Å². The summed E-state index contributed by atoms with van der Waals surface area (Å²) < 4.78 is 24.8. The third-order valence-electron chi connectivity index (χ3n) is 5.23. The first-order chi connectivity index (χ1) is 12.0. The summed E-state index contributed by atoms with van der Waals surface area (Å²) in [4.78, 5) is 2.27. The number of nitrogens with zero attached hydrogens (tertiary/aromatic N) is 1. The zero-order chi connectivity index (χ0) is 17.9. The van der Waals surface area contributed by atoms with E-state index in [0.717, 1.165) is 25.3 Å². The molecule has 1 N–H and O–H groups in total. The largest absolute Gasteiger partial charge is 0.460 e. The SMILES string of the molecule is COCC[C@@]1(O)CCN(Cc2ccc(-c3ccccc3F)o2)C[C@@H]1C. The second-order valence-electron chi connectivity index (χ2n) is 6.98. The van der Waals surface area contributed by atoms with Crippen LogP contribution in [0.25, 0.3) is 11.3 Å². The van der Waals surface area contributed by atoms with Gasteiger partial charge in [-0.15, -0.1) is 0 Å². The smallest absolute Gasteiger partial charge is 0.137 e. The van der Waals surface area contributed by atoms with Crippen molar-refractivity contribution in [3.8, 4) is 11.3 Å². The number of aliphatic hydroxyl groups is 1. The zero-order valence-electron chi connectivity index (χ0n) is 14.9. The average Bonchev–Trinajstić information content (AvgIpc) is 3.05. The highest BCUT2D eigenvalue weighted by molar-refractivity contribution is 5.58. The maximum Gasteiger partial charge on any atom is 0.137 e. The molecule has 0 amide bonds. The average molecular weight is 347 g/mol. The fraction of sp³-hybridized carbons (Fsp3) is 0.500. The molecule has 0 spiro atoms. The first-order valence-corrected chi connectivity index (χ1v) is 8.79. The Morgan fingerprint density at radius 3 is 2.84 bits per heavy atom. The summed E-state index contributed by atoms with van der Waals surface area (Å²) in [5, 5.41) is 10.8. The Balaban J connectivity index is 1.62. The quantitative estimate of drug-likeness (QED) is 0.866. The minimum atomic E-state index is -0.659. The predicted molar refractivity (Wildman–Crippen MR) is 94.6 cm³/mol. The van der Waals surface area contributed by atoms with Gasteiger partial charge in [-0.3, -0.25) is 4.90 Å². The van der Waals surface area contributed by atoms with Crippen LogP contribution in [0.3, 0.4) is 0 Å². The number of furan rings is 1. The van der Waals surface area contributed by atoms with Crippen LogP contribution in [0.2, 0.25) is 0 Å². The number of methoxy groups -OCH3 is 1. The molecule has 25 heavy (non-hydrogen) atoms. The molecule has 1 aliphatic rings. The Labute approximate surface area is 148 Å². The van der Waals surface area contributed by atoms with Crippen LogP contribution in [-0.4, -0.2) is 42.4 Å². The molecule has 1 fully saturated rings. The lowest BCUT2D eigenvalue weighted by Crippen LogP contribution is -2.50. The molecule has 136 valence electrons. The minimum Gasteiger partial charge on any atom is -0.460 e. The van der Waals surface area contributed by atoms with Gasteiger partial charge in [0.25, 0.3) is 0 Å². The van der Waals surface area contributed by atoms with Crippen molar-refractivity contribution < 1.29 is 18.7 Å². The van der Waals surface area contributed by atoms with E-state index in [-0.39, 0.29) is 11.7 Å². The van der Waals surface area contributed by atoms with Gasteiger partial charge in [0.05, 0.1) is 17.7 Å². The molecule has 0 aliphatic carbocycles. The van der Waals surface area contributed by atoms with Crippen molar-refractivity contribution >= 4 is 0 Å². The molecule has 0 radical (unpaired) electrons. The normalized spacial score (nSPS) is 24.6. The lowest BCUT2D eigenvalue weighted by molar-refractivity contribution is -0.0835. The predicted octanol–water partition coefficient (Wildman–Crippen LogP) is 3.70. The molecule has 2 atom stereocenters. The number of ether oxygens (including phenoxy) is 1. The van der Waals surface area contributed by atoms with Gasteiger partial charge in [0.15, 0.2) is 0 Å². The van der Waals surface area contributed by atoms with E-state index in [1.54, 1.807) is 25.3 Å². The summed E-state index contributed by atoms with van der Waals surface area (Å²) in [6.45, 7) is 4.93. The van der Waals surface area contributed by atoms with E-state index in [9.17, 15) is 9.50 Å². The Morgan fingerprint density at radius 1 is 1.32 bits per heavy atom. The zero-order valence-corrected chi connectivity index (χ0v) is 14.9. The first-order valence-electron chi connectivity index (χ1n) is 8.79. The highest BCUT2D eigenvalue weighted by Crippen LogP contribution is 2.32. The number of rotatable bonds is 6. The maximum atomic E-state index is 13.9. The van der Waals surface area contributed by atoms with E-state index < -0.39 is 5.60 Å². The number of hydrogen-bond donors (Lipinski definition) is 1. The second kappa shape index (κ2) is 7.68. The third-order valence-corrected chi connectivity index (χ3v) is 5.23. The van der Waals surface area contributed by atoms with Crippen LogP contribution in [0.15, 0.2) is 40.8 Å². The lowest BCUT2D eigenvalue weighted by atomic mass is 9.80. The van der Waals surface area contributed by atoms with Gasteiger partial charge < -0.3 is 14.3 Å². The minimum absolute atomic E-state index is 0.164. The molecule has 1 saturated heterocycles.